The largest absolute Gasteiger partial charge is 0.378 e. The van der Waals surface area contributed by atoms with Crippen molar-refractivity contribution in [2.24, 2.45) is 0 Å². The molecule has 0 aliphatic heterocycles. The second-order valence-corrected chi connectivity index (χ2v) is 4.59. The summed E-state index contributed by atoms with van der Waals surface area (Å²) in [7, 11) is 0. The molecule has 0 aliphatic rings. The van der Waals surface area contributed by atoms with Crippen molar-refractivity contribution in [3.05, 3.63) is 48.0 Å². The van der Waals surface area contributed by atoms with Crippen LogP contribution in [0.2, 0.25) is 0 Å². The first-order valence-corrected chi connectivity index (χ1v) is 5.79. The normalized spacial score (nSPS) is 10.2. The Morgan fingerprint density at radius 2 is 1.67 bits per heavy atom. The average molecular weight is 234 g/mol. The summed E-state index contributed by atoms with van der Waals surface area (Å²) in [6.07, 6.45) is 0. The van der Waals surface area contributed by atoms with Crippen LogP contribution in [0.1, 0.15) is 19.4 Å². The molecule has 0 heterocycles. The fourth-order valence-electron chi connectivity index (χ4n) is 1.62. The highest BCUT2D eigenvalue weighted by Crippen LogP contribution is 2.17. The summed E-state index contributed by atoms with van der Waals surface area (Å²) in [6, 6.07) is 14.1. The van der Waals surface area contributed by atoms with Crippen LogP contribution < -0.4 is 0 Å². The van der Waals surface area contributed by atoms with Gasteiger partial charge in [-0.05, 0) is 42.5 Å². The van der Waals surface area contributed by atoms with E-state index in [9.17, 15) is 5.11 Å². The Morgan fingerprint density at radius 1 is 0.944 bits per heavy atom. The molecule has 2 aromatic carbocycles. The van der Waals surface area contributed by atoms with Crippen molar-refractivity contribution in [2.75, 3.05) is 0 Å². The Balaban J connectivity index is 2.38. The summed E-state index contributed by atoms with van der Waals surface area (Å²) in [6.45, 7) is 3.28. The molecular formula is C17H14O. The van der Waals surface area contributed by atoms with Gasteiger partial charge in [-0.15, -0.1) is 0 Å². The van der Waals surface area contributed by atoms with Gasteiger partial charge >= 0.3 is 0 Å². The topological polar surface area (TPSA) is 20.2 Å². The van der Waals surface area contributed by atoms with Gasteiger partial charge in [-0.2, -0.15) is 0 Å². The molecule has 1 heteroatoms. The monoisotopic (exact) mass is 234 g/mol. The number of fused-ring (bicyclic) bond motifs is 1. The fourth-order valence-corrected chi connectivity index (χ4v) is 1.62. The van der Waals surface area contributed by atoms with Gasteiger partial charge in [0.2, 0.25) is 0 Å². The lowest BCUT2D eigenvalue weighted by Gasteiger charge is -2.04. The third kappa shape index (κ3) is 3.14. The van der Waals surface area contributed by atoms with Crippen molar-refractivity contribution in [1.82, 2.24) is 0 Å². The molecule has 0 aromatic heterocycles. The van der Waals surface area contributed by atoms with Crippen LogP contribution in [0.15, 0.2) is 42.5 Å². The Kier molecular flexibility index (Phi) is 3.38. The molecule has 0 spiro atoms. The second kappa shape index (κ2) is 4.96. The Bertz CT molecular complexity index is 677. The van der Waals surface area contributed by atoms with Gasteiger partial charge in [0, 0.05) is 5.56 Å². The first-order chi connectivity index (χ1) is 8.56. The Labute approximate surface area is 107 Å². The van der Waals surface area contributed by atoms with Crippen LogP contribution in [-0.4, -0.2) is 10.7 Å². The summed E-state index contributed by atoms with van der Waals surface area (Å²) in [5.74, 6) is 11.2. The molecule has 0 saturated heterocycles. The van der Waals surface area contributed by atoms with Crippen LogP contribution in [0.5, 0.6) is 0 Å². The highest BCUT2D eigenvalue weighted by Gasteiger charge is 2.04. The first kappa shape index (κ1) is 12.2. The molecule has 0 fully saturated rings. The Hall–Kier alpha value is -2.22. The van der Waals surface area contributed by atoms with Crippen LogP contribution >= 0.6 is 0 Å². The maximum Gasteiger partial charge on any atom is 0.120 e. The van der Waals surface area contributed by atoms with Crippen molar-refractivity contribution in [3.8, 4) is 23.7 Å². The van der Waals surface area contributed by atoms with E-state index in [1.54, 1.807) is 13.8 Å². The minimum absolute atomic E-state index is 0.957. The summed E-state index contributed by atoms with van der Waals surface area (Å²) >= 11 is 0. The second-order valence-electron chi connectivity index (χ2n) is 4.59. The zero-order valence-electron chi connectivity index (χ0n) is 10.5. The van der Waals surface area contributed by atoms with Gasteiger partial charge in [0.25, 0.3) is 0 Å². The molecule has 0 bridgehead atoms. The van der Waals surface area contributed by atoms with Crippen LogP contribution in [0.25, 0.3) is 10.8 Å². The summed E-state index contributed by atoms with van der Waals surface area (Å²) in [4.78, 5) is 0. The summed E-state index contributed by atoms with van der Waals surface area (Å²) < 4.78 is 0. The molecule has 1 nitrogen and oxygen atoms in total. The minimum Gasteiger partial charge on any atom is -0.378 e. The van der Waals surface area contributed by atoms with Gasteiger partial charge in [0.1, 0.15) is 5.60 Å². The standard InChI is InChI=1S/C17H14O/c1-17(2,18)13-6-5-9-15-11-7-10-14-8-3-4-12-16(14)15/h3-4,7-8,10-12,18H,1-2H3. The third-order valence-electron chi connectivity index (χ3n) is 2.42. The smallest absolute Gasteiger partial charge is 0.120 e. The van der Waals surface area contributed by atoms with Crippen molar-refractivity contribution in [3.63, 3.8) is 0 Å². The minimum atomic E-state index is -0.993. The fraction of sp³-hybridized carbons (Fsp3) is 0.176. The van der Waals surface area contributed by atoms with Gasteiger partial charge < -0.3 is 5.11 Å². The highest BCUT2D eigenvalue weighted by atomic mass is 16.3. The van der Waals surface area contributed by atoms with Crippen LogP contribution in [0.3, 0.4) is 0 Å². The summed E-state index contributed by atoms with van der Waals surface area (Å²) in [5, 5.41) is 11.7. The Morgan fingerprint density at radius 3 is 2.44 bits per heavy atom. The lowest BCUT2D eigenvalue weighted by Crippen LogP contribution is -2.14. The molecule has 0 saturated carbocycles. The zero-order valence-corrected chi connectivity index (χ0v) is 10.5. The average Bonchev–Trinajstić information content (AvgIpc) is 2.33. The zero-order chi connectivity index (χ0) is 13.0. The van der Waals surface area contributed by atoms with E-state index in [0.717, 1.165) is 10.9 Å². The molecular weight excluding hydrogens is 220 g/mol. The first-order valence-electron chi connectivity index (χ1n) is 5.79. The lowest BCUT2D eigenvalue weighted by atomic mass is 10.1. The van der Waals surface area contributed by atoms with E-state index < -0.39 is 5.60 Å². The third-order valence-corrected chi connectivity index (χ3v) is 2.42. The number of aliphatic hydroxyl groups is 1. The number of rotatable bonds is 0. The molecule has 88 valence electrons. The lowest BCUT2D eigenvalue weighted by molar-refractivity contribution is 0.143. The quantitative estimate of drug-likeness (QED) is 0.695. The molecule has 2 rings (SSSR count). The molecule has 1 N–H and O–H groups in total. The van der Waals surface area contributed by atoms with Crippen molar-refractivity contribution in [2.45, 2.75) is 19.4 Å². The molecule has 18 heavy (non-hydrogen) atoms. The predicted octanol–water partition coefficient (Wildman–Crippen LogP) is 2.97. The van der Waals surface area contributed by atoms with E-state index in [1.165, 1.54) is 5.39 Å². The van der Waals surface area contributed by atoms with Gasteiger partial charge in [-0.1, -0.05) is 48.2 Å². The number of benzene rings is 2. The van der Waals surface area contributed by atoms with Crippen molar-refractivity contribution < 1.29 is 5.11 Å². The highest BCUT2D eigenvalue weighted by molar-refractivity contribution is 5.88. The van der Waals surface area contributed by atoms with Crippen LogP contribution in [0.4, 0.5) is 0 Å². The van der Waals surface area contributed by atoms with E-state index >= 15 is 0 Å². The molecule has 0 atom stereocenters. The molecule has 2 aromatic rings. The van der Waals surface area contributed by atoms with E-state index in [0.29, 0.717) is 0 Å². The maximum absolute atomic E-state index is 9.45. The molecule has 0 aliphatic carbocycles. The number of hydrogen-bond acceptors (Lipinski definition) is 1. The van der Waals surface area contributed by atoms with Gasteiger partial charge in [0.05, 0.1) is 0 Å². The van der Waals surface area contributed by atoms with Crippen LogP contribution in [0, 0.1) is 23.7 Å². The van der Waals surface area contributed by atoms with Crippen LogP contribution in [-0.2, 0) is 0 Å². The molecule has 0 radical (unpaired) electrons. The van der Waals surface area contributed by atoms with E-state index in [2.05, 4.69) is 35.8 Å². The number of hydrogen-bond donors (Lipinski definition) is 1. The van der Waals surface area contributed by atoms with E-state index in [1.807, 2.05) is 30.3 Å². The van der Waals surface area contributed by atoms with Crippen molar-refractivity contribution >= 4 is 10.8 Å². The van der Waals surface area contributed by atoms with Gasteiger partial charge in [-0.3, -0.25) is 0 Å². The van der Waals surface area contributed by atoms with E-state index in [4.69, 9.17) is 0 Å². The summed E-state index contributed by atoms with van der Waals surface area (Å²) in [5.41, 5.74) is -0.0360. The predicted molar refractivity (Wildman–Crippen MR) is 74.9 cm³/mol. The molecule has 0 amide bonds. The van der Waals surface area contributed by atoms with Gasteiger partial charge in [0.15, 0.2) is 0 Å². The maximum atomic E-state index is 9.45. The van der Waals surface area contributed by atoms with Crippen molar-refractivity contribution in [1.29, 1.82) is 0 Å². The van der Waals surface area contributed by atoms with E-state index in [-0.39, 0.29) is 0 Å². The molecule has 0 unspecified atom stereocenters. The SMILES string of the molecule is CC(C)(O)C#CC#Cc1cccc2ccccc12. The van der Waals surface area contributed by atoms with Gasteiger partial charge in [-0.25, -0.2) is 0 Å².